The molecule has 0 spiro atoms. The summed E-state index contributed by atoms with van der Waals surface area (Å²) in [7, 11) is 1.92. The zero-order chi connectivity index (χ0) is 12.3. The van der Waals surface area contributed by atoms with E-state index in [9.17, 15) is 0 Å². The monoisotopic (exact) mass is 295 g/mol. The number of ether oxygens (including phenoxy) is 1. The number of hydrogen-bond acceptors (Lipinski definition) is 3. The van der Waals surface area contributed by atoms with E-state index in [0.29, 0.717) is 12.3 Å². The maximum atomic E-state index is 5.70. The van der Waals surface area contributed by atoms with Gasteiger partial charge in [0.2, 0.25) is 0 Å². The normalized spacial score (nSPS) is 10.5. The molecule has 0 aliphatic carbocycles. The molecule has 0 aliphatic heterocycles. The third-order valence-electron chi connectivity index (χ3n) is 2.49. The van der Waals surface area contributed by atoms with E-state index < -0.39 is 0 Å². The Bertz CT molecular complexity index is 510. The molecular weight excluding hydrogens is 282 g/mol. The van der Waals surface area contributed by atoms with Crippen LogP contribution in [0.25, 0.3) is 0 Å². The average molecular weight is 296 g/mol. The molecule has 0 bridgehead atoms. The fraction of sp³-hybridized carbons (Fsp3) is 0.250. The predicted molar refractivity (Wildman–Crippen MR) is 71.0 cm³/mol. The molecular formula is C12H14BrN3O. The molecule has 90 valence electrons. The Balaban J connectivity index is 1.94. The molecule has 1 aromatic carbocycles. The number of nitrogen functional groups attached to an aromatic ring is 1. The summed E-state index contributed by atoms with van der Waals surface area (Å²) in [6.07, 6.45) is 2.60. The molecule has 4 nitrogen and oxygen atoms in total. The zero-order valence-corrected chi connectivity index (χ0v) is 11.1. The van der Waals surface area contributed by atoms with Crippen LogP contribution in [-0.4, -0.2) is 16.4 Å². The van der Waals surface area contributed by atoms with Gasteiger partial charge in [0.15, 0.2) is 0 Å². The number of anilines is 1. The van der Waals surface area contributed by atoms with Gasteiger partial charge < -0.3 is 10.5 Å². The van der Waals surface area contributed by atoms with Crippen LogP contribution in [0.3, 0.4) is 0 Å². The van der Waals surface area contributed by atoms with E-state index in [2.05, 4.69) is 21.0 Å². The van der Waals surface area contributed by atoms with Crippen LogP contribution in [0, 0.1) is 0 Å². The van der Waals surface area contributed by atoms with Gasteiger partial charge in [-0.25, -0.2) is 0 Å². The molecule has 0 saturated heterocycles. The van der Waals surface area contributed by atoms with Crippen molar-refractivity contribution >= 4 is 21.6 Å². The molecule has 0 radical (unpaired) electrons. The van der Waals surface area contributed by atoms with Crippen LogP contribution in [0.5, 0.6) is 5.75 Å². The Hall–Kier alpha value is -1.49. The minimum absolute atomic E-state index is 0.599. The molecule has 0 atom stereocenters. The molecule has 1 aromatic heterocycles. The van der Waals surface area contributed by atoms with Crippen molar-refractivity contribution in [2.24, 2.45) is 7.05 Å². The Labute approximate surface area is 109 Å². The number of halogens is 1. The van der Waals surface area contributed by atoms with E-state index in [-0.39, 0.29) is 0 Å². The molecule has 0 fully saturated rings. The van der Waals surface area contributed by atoms with Crippen molar-refractivity contribution in [3.05, 3.63) is 40.6 Å². The highest BCUT2D eigenvalue weighted by Gasteiger charge is 2.03. The van der Waals surface area contributed by atoms with Crippen molar-refractivity contribution in [3.63, 3.8) is 0 Å². The lowest BCUT2D eigenvalue weighted by molar-refractivity contribution is 0.316. The van der Waals surface area contributed by atoms with Crippen molar-refractivity contribution in [2.45, 2.75) is 6.42 Å². The van der Waals surface area contributed by atoms with Gasteiger partial charge in [0.25, 0.3) is 0 Å². The SMILES string of the molecule is Cn1nccc1CCOc1cc(N)ccc1Br. The average Bonchev–Trinajstić information content (AvgIpc) is 2.70. The summed E-state index contributed by atoms with van der Waals surface area (Å²) in [5, 5.41) is 4.11. The van der Waals surface area contributed by atoms with Crippen molar-refractivity contribution < 1.29 is 4.74 Å². The van der Waals surface area contributed by atoms with E-state index in [1.807, 2.05) is 36.0 Å². The first kappa shape index (κ1) is 12.0. The Kier molecular flexibility index (Phi) is 3.68. The highest BCUT2D eigenvalue weighted by molar-refractivity contribution is 9.10. The molecule has 0 unspecified atom stereocenters. The van der Waals surface area contributed by atoms with Crippen molar-refractivity contribution in [3.8, 4) is 5.75 Å². The van der Waals surface area contributed by atoms with E-state index in [4.69, 9.17) is 10.5 Å². The number of benzene rings is 1. The molecule has 2 aromatic rings. The first-order valence-corrected chi connectivity index (χ1v) is 6.11. The van der Waals surface area contributed by atoms with Crippen molar-refractivity contribution in [1.82, 2.24) is 9.78 Å². The summed E-state index contributed by atoms with van der Waals surface area (Å²) >= 11 is 3.43. The first-order chi connectivity index (χ1) is 8.16. The molecule has 2 N–H and O–H groups in total. The van der Waals surface area contributed by atoms with Gasteiger partial charge in [0, 0.05) is 37.1 Å². The van der Waals surface area contributed by atoms with Gasteiger partial charge in [-0.2, -0.15) is 5.10 Å². The van der Waals surface area contributed by atoms with E-state index in [1.165, 1.54) is 0 Å². The van der Waals surface area contributed by atoms with Crippen LogP contribution in [0.4, 0.5) is 5.69 Å². The third-order valence-corrected chi connectivity index (χ3v) is 3.15. The second kappa shape index (κ2) is 5.23. The number of aryl methyl sites for hydroxylation is 1. The smallest absolute Gasteiger partial charge is 0.135 e. The fourth-order valence-electron chi connectivity index (χ4n) is 1.54. The molecule has 1 heterocycles. The molecule has 0 amide bonds. The van der Waals surface area contributed by atoms with Crippen LogP contribution < -0.4 is 10.5 Å². The van der Waals surface area contributed by atoms with Gasteiger partial charge in [-0.1, -0.05) is 0 Å². The number of rotatable bonds is 4. The second-order valence-electron chi connectivity index (χ2n) is 3.73. The van der Waals surface area contributed by atoms with Crippen LogP contribution >= 0.6 is 15.9 Å². The Morgan fingerprint density at radius 1 is 1.41 bits per heavy atom. The van der Waals surface area contributed by atoms with Gasteiger partial charge in [0.05, 0.1) is 11.1 Å². The quantitative estimate of drug-likeness (QED) is 0.881. The molecule has 5 heteroatoms. The van der Waals surface area contributed by atoms with Gasteiger partial charge >= 0.3 is 0 Å². The van der Waals surface area contributed by atoms with Crippen LogP contribution in [0.15, 0.2) is 34.9 Å². The van der Waals surface area contributed by atoms with Crippen molar-refractivity contribution in [1.29, 1.82) is 0 Å². The summed E-state index contributed by atoms with van der Waals surface area (Å²) in [5.74, 6) is 0.771. The lowest BCUT2D eigenvalue weighted by atomic mass is 10.3. The number of hydrogen-bond donors (Lipinski definition) is 1. The van der Waals surface area contributed by atoms with Crippen LogP contribution in [0.2, 0.25) is 0 Å². The molecule has 2 rings (SSSR count). The molecule has 0 aliphatic rings. The third kappa shape index (κ3) is 3.00. The van der Waals surface area contributed by atoms with Crippen molar-refractivity contribution in [2.75, 3.05) is 12.3 Å². The highest BCUT2D eigenvalue weighted by Crippen LogP contribution is 2.27. The summed E-state index contributed by atoms with van der Waals surface area (Å²) in [5.41, 5.74) is 7.54. The number of aromatic nitrogens is 2. The maximum absolute atomic E-state index is 5.70. The molecule has 17 heavy (non-hydrogen) atoms. The van der Waals surface area contributed by atoms with E-state index >= 15 is 0 Å². The van der Waals surface area contributed by atoms with E-state index in [0.717, 1.165) is 22.3 Å². The van der Waals surface area contributed by atoms with Gasteiger partial charge in [-0.3, -0.25) is 4.68 Å². The largest absolute Gasteiger partial charge is 0.492 e. The standard InChI is InChI=1S/C12H14BrN3O/c1-16-10(4-6-15-16)5-7-17-12-8-9(14)2-3-11(12)13/h2-4,6,8H,5,7,14H2,1H3. The van der Waals surface area contributed by atoms with Gasteiger partial charge in [-0.05, 0) is 34.1 Å². The minimum Gasteiger partial charge on any atom is -0.492 e. The van der Waals surface area contributed by atoms with E-state index in [1.54, 1.807) is 6.20 Å². The summed E-state index contributed by atoms with van der Waals surface area (Å²) in [6, 6.07) is 7.51. The molecule has 0 saturated carbocycles. The van der Waals surface area contributed by atoms with Crippen LogP contribution in [-0.2, 0) is 13.5 Å². The number of nitrogens with two attached hydrogens (primary N) is 1. The second-order valence-corrected chi connectivity index (χ2v) is 4.59. The summed E-state index contributed by atoms with van der Waals surface area (Å²) in [6.45, 7) is 0.599. The lowest BCUT2D eigenvalue weighted by Crippen LogP contribution is -2.06. The summed E-state index contributed by atoms with van der Waals surface area (Å²) < 4.78 is 8.44. The van der Waals surface area contributed by atoms with Gasteiger partial charge in [0.1, 0.15) is 5.75 Å². The minimum atomic E-state index is 0.599. The van der Waals surface area contributed by atoms with Crippen LogP contribution in [0.1, 0.15) is 5.69 Å². The Morgan fingerprint density at radius 2 is 2.24 bits per heavy atom. The topological polar surface area (TPSA) is 53.1 Å². The highest BCUT2D eigenvalue weighted by atomic mass is 79.9. The van der Waals surface area contributed by atoms with Gasteiger partial charge in [-0.15, -0.1) is 0 Å². The predicted octanol–water partition coefficient (Wildman–Crippen LogP) is 2.39. The first-order valence-electron chi connectivity index (χ1n) is 5.31. The fourth-order valence-corrected chi connectivity index (χ4v) is 1.90. The maximum Gasteiger partial charge on any atom is 0.135 e. The summed E-state index contributed by atoms with van der Waals surface area (Å²) in [4.78, 5) is 0. The zero-order valence-electron chi connectivity index (χ0n) is 9.56. The Morgan fingerprint density at radius 3 is 2.94 bits per heavy atom. The lowest BCUT2D eigenvalue weighted by Gasteiger charge is -2.09. The number of nitrogens with zero attached hydrogens (tertiary/aromatic N) is 2.